The fraction of sp³-hybridized carbons (Fsp3) is 0.409. The summed E-state index contributed by atoms with van der Waals surface area (Å²) < 4.78 is 5.39. The minimum Gasteiger partial charge on any atom is -0.453 e. The lowest BCUT2D eigenvalue weighted by Crippen LogP contribution is -2.60. The number of terminal acetylenes is 1. The highest BCUT2D eigenvalue weighted by molar-refractivity contribution is 5.89. The third-order valence-electron chi connectivity index (χ3n) is 3.61. The van der Waals surface area contributed by atoms with Gasteiger partial charge in [-0.25, -0.2) is 4.79 Å². The summed E-state index contributed by atoms with van der Waals surface area (Å²) in [5.41, 5.74) is -0.998. The lowest BCUT2D eigenvalue weighted by Gasteiger charge is -2.50. The van der Waals surface area contributed by atoms with Crippen molar-refractivity contribution in [3.05, 3.63) is 0 Å². The number of hydrogen-bond acceptors (Lipinski definition) is 4. The lowest BCUT2D eigenvalue weighted by molar-refractivity contribution is -0.258. The van der Waals surface area contributed by atoms with Crippen molar-refractivity contribution in [2.24, 2.45) is 0 Å². The van der Waals surface area contributed by atoms with Crippen LogP contribution in [0.25, 0.3) is 0 Å². The number of hydrogen-bond donors (Lipinski definition) is 1. The molecule has 26 heavy (non-hydrogen) atoms. The molecule has 0 radical (unpaired) electrons. The standard InChI is InChI=1S/C22H19NO3/c1-6-7-8-9-10-11-12-13-14-15-16-20(24)26-19-17-21(2,3)23(25)22(4,5)18-19/h1,19,25H,17-18H2,2-5H3. The van der Waals surface area contributed by atoms with Gasteiger partial charge in [0.05, 0.1) is 0 Å². The van der Waals surface area contributed by atoms with Crippen LogP contribution in [0.2, 0.25) is 0 Å². The van der Waals surface area contributed by atoms with Crippen molar-refractivity contribution < 1.29 is 14.7 Å². The van der Waals surface area contributed by atoms with E-state index in [1.54, 1.807) is 0 Å². The van der Waals surface area contributed by atoms with Crippen molar-refractivity contribution in [2.45, 2.75) is 57.7 Å². The predicted octanol–water partition coefficient (Wildman–Crippen LogP) is 1.59. The summed E-state index contributed by atoms with van der Waals surface area (Å²) >= 11 is 0. The van der Waals surface area contributed by atoms with Gasteiger partial charge in [0.15, 0.2) is 0 Å². The van der Waals surface area contributed by atoms with Gasteiger partial charge in [-0.05, 0) is 86.9 Å². The second kappa shape index (κ2) is 9.29. The van der Waals surface area contributed by atoms with Gasteiger partial charge < -0.3 is 9.94 Å². The zero-order chi connectivity index (χ0) is 19.6. The molecule has 1 rings (SSSR count). The molecule has 0 aromatic heterocycles. The Balaban J connectivity index is 2.60. The molecule has 4 nitrogen and oxygen atoms in total. The molecule has 0 unspecified atom stereocenters. The third kappa shape index (κ3) is 6.70. The quantitative estimate of drug-likeness (QED) is 0.445. The number of nitrogens with zero attached hydrogens (tertiary/aromatic N) is 1. The second-order valence-electron chi connectivity index (χ2n) is 6.77. The van der Waals surface area contributed by atoms with Gasteiger partial charge in [0.25, 0.3) is 0 Å². The average Bonchev–Trinajstić information content (AvgIpc) is 2.53. The first kappa shape index (κ1) is 20.8. The maximum Gasteiger partial charge on any atom is 0.385 e. The van der Waals surface area contributed by atoms with Crippen LogP contribution >= 0.6 is 0 Å². The Hall–Kier alpha value is -3.25. The Morgan fingerprint density at radius 3 is 1.81 bits per heavy atom. The van der Waals surface area contributed by atoms with E-state index in [1.807, 2.05) is 27.7 Å². The molecular formula is C22H19NO3. The third-order valence-corrected chi connectivity index (χ3v) is 3.61. The van der Waals surface area contributed by atoms with Gasteiger partial charge in [-0.3, -0.25) is 0 Å². The minimum absolute atomic E-state index is 0.322. The van der Waals surface area contributed by atoms with E-state index >= 15 is 0 Å². The van der Waals surface area contributed by atoms with Crippen LogP contribution in [-0.4, -0.2) is 33.4 Å². The fourth-order valence-electron chi connectivity index (χ4n) is 2.78. The number of carbonyl (C=O) groups is 1. The van der Waals surface area contributed by atoms with Crippen molar-refractivity contribution in [1.82, 2.24) is 5.06 Å². The number of ether oxygens (including phenoxy) is 1. The number of esters is 1. The van der Waals surface area contributed by atoms with E-state index in [-0.39, 0.29) is 6.10 Å². The van der Waals surface area contributed by atoms with Crippen LogP contribution < -0.4 is 0 Å². The number of hydroxylamine groups is 2. The van der Waals surface area contributed by atoms with Crippen LogP contribution in [0.1, 0.15) is 40.5 Å². The average molecular weight is 345 g/mol. The Morgan fingerprint density at radius 1 is 0.923 bits per heavy atom. The van der Waals surface area contributed by atoms with E-state index in [0.717, 1.165) is 0 Å². The fourth-order valence-corrected chi connectivity index (χ4v) is 2.78. The minimum atomic E-state index is -0.653. The summed E-state index contributed by atoms with van der Waals surface area (Å²) in [7, 11) is 0. The molecule has 1 N–H and O–H groups in total. The first-order valence-corrected chi connectivity index (χ1v) is 7.85. The highest BCUT2D eigenvalue weighted by atomic mass is 16.5. The number of rotatable bonds is 1. The topological polar surface area (TPSA) is 49.8 Å². The molecular weight excluding hydrogens is 326 g/mol. The van der Waals surface area contributed by atoms with E-state index in [0.29, 0.717) is 12.8 Å². The predicted molar refractivity (Wildman–Crippen MR) is 98.6 cm³/mol. The molecule has 1 saturated heterocycles. The molecule has 0 amide bonds. The van der Waals surface area contributed by atoms with E-state index in [9.17, 15) is 10.0 Å². The first-order chi connectivity index (χ1) is 12.2. The molecule has 0 bridgehead atoms. The Kier molecular flexibility index (Phi) is 7.43. The number of piperidine rings is 1. The van der Waals surface area contributed by atoms with Gasteiger partial charge in [0.2, 0.25) is 0 Å². The van der Waals surface area contributed by atoms with Crippen LogP contribution in [0.4, 0.5) is 0 Å². The maximum absolute atomic E-state index is 11.8. The molecule has 0 aromatic carbocycles. The second-order valence-corrected chi connectivity index (χ2v) is 6.77. The van der Waals surface area contributed by atoms with Gasteiger partial charge in [0, 0.05) is 29.8 Å². The highest BCUT2D eigenvalue weighted by Crippen LogP contribution is 2.37. The van der Waals surface area contributed by atoms with E-state index < -0.39 is 17.0 Å². The van der Waals surface area contributed by atoms with Gasteiger partial charge in [-0.1, -0.05) is 0 Å². The largest absolute Gasteiger partial charge is 0.453 e. The van der Waals surface area contributed by atoms with E-state index in [1.165, 1.54) is 5.06 Å². The molecule has 0 saturated carbocycles. The van der Waals surface area contributed by atoms with Gasteiger partial charge in [0.1, 0.15) is 6.10 Å². The summed E-state index contributed by atoms with van der Waals surface area (Å²) in [5, 5.41) is 11.5. The lowest BCUT2D eigenvalue weighted by atomic mass is 9.80. The van der Waals surface area contributed by atoms with Crippen LogP contribution in [0.5, 0.6) is 0 Å². The molecule has 130 valence electrons. The zero-order valence-electron chi connectivity index (χ0n) is 15.3. The normalized spacial score (nSPS) is 16.8. The summed E-state index contributed by atoms with van der Waals surface area (Å²) in [6.45, 7) is 7.58. The molecule has 4 heteroatoms. The summed E-state index contributed by atoms with van der Waals surface area (Å²) in [6.07, 6.45) is 5.63. The van der Waals surface area contributed by atoms with Crippen molar-refractivity contribution in [3.8, 4) is 71.5 Å². The van der Waals surface area contributed by atoms with Crippen LogP contribution in [0.3, 0.4) is 0 Å². The SMILES string of the molecule is C#CC#CC#CC#CC#CC#CC(=O)OC1CC(C)(C)N(O)C(C)(C)C1. The molecule has 0 aliphatic carbocycles. The summed E-state index contributed by atoms with van der Waals surface area (Å²) in [6, 6.07) is 0. The molecule has 1 fully saturated rings. The Labute approximate surface area is 155 Å². The van der Waals surface area contributed by atoms with Gasteiger partial charge in [-0.2, -0.15) is 5.06 Å². The molecule has 1 aliphatic rings. The van der Waals surface area contributed by atoms with Crippen molar-refractivity contribution in [3.63, 3.8) is 0 Å². The van der Waals surface area contributed by atoms with Gasteiger partial charge in [-0.15, -0.1) is 6.42 Å². The smallest absolute Gasteiger partial charge is 0.385 e. The van der Waals surface area contributed by atoms with E-state index in [2.05, 4.69) is 65.1 Å². The van der Waals surface area contributed by atoms with Crippen LogP contribution in [-0.2, 0) is 9.53 Å². The number of carbonyl (C=O) groups excluding carboxylic acids is 1. The van der Waals surface area contributed by atoms with E-state index in [4.69, 9.17) is 11.2 Å². The van der Waals surface area contributed by atoms with Crippen molar-refractivity contribution in [1.29, 1.82) is 0 Å². The molecule has 1 heterocycles. The summed E-state index contributed by atoms with van der Waals surface area (Å²) in [4.78, 5) is 11.8. The molecule has 0 atom stereocenters. The molecule has 0 aromatic rings. The molecule has 1 aliphatic heterocycles. The summed E-state index contributed by atoms with van der Waals surface area (Å²) in [5.74, 6) is 25.5. The van der Waals surface area contributed by atoms with Crippen molar-refractivity contribution in [2.75, 3.05) is 0 Å². The molecule has 0 spiro atoms. The first-order valence-electron chi connectivity index (χ1n) is 7.85. The zero-order valence-corrected chi connectivity index (χ0v) is 15.3. The van der Waals surface area contributed by atoms with Crippen LogP contribution in [0, 0.1) is 71.5 Å². The Bertz CT molecular complexity index is 889. The Morgan fingerprint density at radius 2 is 1.35 bits per heavy atom. The monoisotopic (exact) mass is 345 g/mol. The maximum atomic E-state index is 11.8. The highest BCUT2D eigenvalue weighted by Gasteiger charge is 2.46. The van der Waals surface area contributed by atoms with Gasteiger partial charge >= 0.3 is 5.97 Å². The van der Waals surface area contributed by atoms with Crippen molar-refractivity contribution >= 4 is 5.97 Å². The van der Waals surface area contributed by atoms with Crippen LogP contribution in [0.15, 0.2) is 0 Å².